The van der Waals surface area contributed by atoms with Gasteiger partial charge in [-0.25, -0.2) is 9.13 Å². The van der Waals surface area contributed by atoms with Crippen LogP contribution in [0.3, 0.4) is 0 Å². The zero-order valence-electron chi connectivity index (χ0n) is 31.2. The number of rotatable bonds is 35. The topological polar surface area (TPSA) is 8.81 Å². The van der Waals surface area contributed by atoms with Gasteiger partial charge in [-0.05, 0) is 25.7 Å². The molecule has 1 aromatic heterocycles. The third-order valence-electron chi connectivity index (χ3n) is 10.0. The average Bonchev–Trinajstić information content (AvgIpc) is 3.43. The highest BCUT2D eigenvalue weighted by atomic mass is 15.1. The normalized spacial score (nSPS) is 11.8. The number of aromatic nitrogens is 2. The van der Waals surface area contributed by atoms with E-state index >= 15 is 0 Å². The summed E-state index contributed by atoms with van der Waals surface area (Å²) in [6, 6.07) is 0. The second-order valence-corrected chi connectivity index (χ2v) is 14.8. The molecule has 0 N–H and O–H groups in total. The highest BCUT2D eigenvalue weighted by Gasteiger charge is 2.20. The summed E-state index contributed by atoms with van der Waals surface area (Å²) in [5, 5.41) is 0. The summed E-state index contributed by atoms with van der Waals surface area (Å²) in [4.78, 5) is 0. The molecule has 1 rings (SSSR count). The van der Waals surface area contributed by atoms with Crippen LogP contribution in [-0.2, 0) is 13.1 Å². The van der Waals surface area contributed by atoms with Gasteiger partial charge in [0.1, 0.15) is 12.4 Å². The largest absolute Gasteiger partial charge is 0.258 e. The molecule has 0 spiro atoms. The van der Waals surface area contributed by atoms with E-state index in [4.69, 9.17) is 0 Å². The first kappa shape index (κ1) is 41.2. The standard InChI is InChI=1S/C42H83N2/c1-5-7-9-11-13-15-17-19-21-23-25-27-29-31-33-35-37-43-39-40-44(42(43)41(3)4)38-36-34-32-30-28-26-24-22-20-18-16-14-12-10-8-6-2/h39-41H,5-38H2,1-4H3/q+1. The molecule has 0 amide bonds. The van der Waals surface area contributed by atoms with E-state index in [-0.39, 0.29) is 0 Å². The highest BCUT2D eigenvalue weighted by molar-refractivity contribution is 4.89. The first-order chi connectivity index (χ1) is 21.7. The molecule has 2 heteroatoms. The van der Waals surface area contributed by atoms with Gasteiger partial charge in [0.05, 0.1) is 19.0 Å². The Morgan fingerprint density at radius 2 is 0.727 bits per heavy atom. The van der Waals surface area contributed by atoms with Gasteiger partial charge < -0.3 is 0 Å². The molecule has 0 unspecified atom stereocenters. The van der Waals surface area contributed by atoms with Crippen LogP contribution in [0.4, 0.5) is 0 Å². The Labute approximate surface area is 279 Å². The van der Waals surface area contributed by atoms with Crippen LogP contribution < -0.4 is 4.57 Å². The van der Waals surface area contributed by atoms with Gasteiger partial charge >= 0.3 is 0 Å². The van der Waals surface area contributed by atoms with E-state index in [9.17, 15) is 0 Å². The predicted octanol–water partition coefficient (Wildman–Crippen LogP) is 14.4. The second kappa shape index (κ2) is 32.2. The van der Waals surface area contributed by atoms with Gasteiger partial charge in [-0.1, -0.05) is 207 Å². The van der Waals surface area contributed by atoms with Crippen LogP contribution in [0.2, 0.25) is 0 Å². The van der Waals surface area contributed by atoms with Crippen molar-refractivity contribution < 1.29 is 4.57 Å². The molecule has 0 atom stereocenters. The van der Waals surface area contributed by atoms with Gasteiger partial charge in [-0.3, -0.25) is 0 Å². The van der Waals surface area contributed by atoms with E-state index in [2.05, 4.69) is 49.2 Å². The first-order valence-corrected chi connectivity index (χ1v) is 20.8. The van der Waals surface area contributed by atoms with Crippen molar-refractivity contribution in [1.29, 1.82) is 0 Å². The van der Waals surface area contributed by atoms with Crippen molar-refractivity contribution in [1.82, 2.24) is 4.57 Å². The maximum absolute atomic E-state index is 2.57. The van der Waals surface area contributed by atoms with E-state index in [1.807, 2.05) is 0 Å². The van der Waals surface area contributed by atoms with Crippen LogP contribution >= 0.6 is 0 Å². The van der Waals surface area contributed by atoms with Gasteiger partial charge in [-0.2, -0.15) is 0 Å². The number of hydrogen-bond donors (Lipinski definition) is 0. The summed E-state index contributed by atoms with van der Waals surface area (Å²) in [6.07, 6.45) is 50.9. The fraction of sp³-hybridized carbons (Fsp3) is 0.929. The Hall–Kier alpha value is -0.790. The zero-order chi connectivity index (χ0) is 31.8. The van der Waals surface area contributed by atoms with Gasteiger partial charge in [0, 0.05) is 0 Å². The number of hydrogen-bond acceptors (Lipinski definition) is 0. The molecule has 0 aromatic carbocycles. The highest BCUT2D eigenvalue weighted by Crippen LogP contribution is 2.17. The van der Waals surface area contributed by atoms with Gasteiger partial charge in [-0.15, -0.1) is 0 Å². The van der Waals surface area contributed by atoms with E-state index in [1.165, 1.54) is 219 Å². The average molecular weight is 616 g/mol. The number of imidazole rings is 1. The van der Waals surface area contributed by atoms with Crippen LogP contribution in [0.1, 0.15) is 245 Å². The zero-order valence-corrected chi connectivity index (χ0v) is 31.2. The van der Waals surface area contributed by atoms with Crippen LogP contribution in [0, 0.1) is 0 Å². The SMILES string of the molecule is CCCCCCCCCCCCCCCCCCn1cc[n+](CCCCCCCCCCCCCCCCCC)c1C(C)C. The van der Waals surface area contributed by atoms with Crippen molar-refractivity contribution >= 4 is 0 Å². The molecule has 0 aliphatic carbocycles. The van der Waals surface area contributed by atoms with E-state index in [0.29, 0.717) is 5.92 Å². The lowest BCUT2D eigenvalue weighted by molar-refractivity contribution is -0.705. The summed E-state index contributed by atoms with van der Waals surface area (Å²) in [6.45, 7) is 11.8. The lowest BCUT2D eigenvalue weighted by atomic mass is 10.0. The molecular formula is C42H83N2+. The molecular weight excluding hydrogens is 532 g/mol. The summed E-state index contributed by atoms with van der Waals surface area (Å²) in [7, 11) is 0. The third-order valence-corrected chi connectivity index (χ3v) is 10.0. The number of unbranched alkanes of at least 4 members (excludes halogenated alkanes) is 30. The van der Waals surface area contributed by atoms with E-state index in [1.54, 1.807) is 5.82 Å². The Morgan fingerprint density at radius 1 is 0.432 bits per heavy atom. The van der Waals surface area contributed by atoms with Crippen LogP contribution in [0.5, 0.6) is 0 Å². The fourth-order valence-corrected chi connectivity index (χ4v) is 7.18. The Bertz CT molecular complexity index is 636. The van der Waals surface area contributed by atoms with Gasteiger partial charge in [0.15, 0.2) is 0 Å². The van der Waals surface area contributed by atoms with E-state index < -0.39 is 0 Å². The van der Waals surface area contributed by atoms with Crippen molar-refractivity contribution in [2.24, 2.45) is 0 Å². The number of nitrogens with zero attached hydrogens (tertiary/aromatic N) is 2. The number of aryl methyl sites for hydroxylation is 2. The summed E-state index contributed by atoms with van der Waals surface area (Å²) < 4.78 is 5.14. The maximum atomic E-state index is 2.57. The van der Waals surface area contributed by atoms with Crippen molar-refractivity contribution in [2.45, 2.75) is 252 Å². The Balaban J connectivity index is 1.97. The molecule has 1 aromatic rings. The first-order valence-electron chi connectivity index (χ1n) is 20.8. The smallest absolute Gasteiger partial charge is 0.234 e. The molecule has 0 fully saturated rings. The second-order valence-electron chi connectivity index (χ2n) is 14.8. The molecule has 0 saturated carbocycles. The monoisotopic (exact) mass is 616 g/mol. The minimum Gasteiger partial charge on any atom is -0.234 e. The van der Waals surface area contributed by atoms with Crippen molar-refractivity contribution in [3.8, 4) is 0 Å². The van der Waals surface area contributed by atoms with Gasteiger partial charge in [0.25, 0.3) is 5.82 Å². The minimum absolute atomic E-state index is 0.604. The molecule has 0 radical (unpaired) electrons. The Kier molecular flexibility index (Phi) is 30.1. The predicted molar refractivity (Wildman–Crippen MR) is 198 cm³/mol. The van der Waals surface area contributed by atoms with Crippen molar-refractivity contribution in [3.63, 3.8) is 0 Å². The van der Waals surface area contributed by atoms with Crippen molar-refractivity contribution in [2.75, 3.05) is 0 Å². The summed E-state index contributed by atoms with van der Waals surface area (Å²) >= 11 is 0. The lowest BCUT2D eigenvalue weighted by Gasteiger charge is -2.08. The summed E-state index contributed by atoms with van der Waals surface area (Å²) in [5.41, 5.74) is 0. The maximum Gasteiger partial charge on any atom is 0.258 e. The van der Waals surface area contributed by atoms with Crippen LogP contribution in [0.15, 0.2) is 12.4 Å². The molecule has 0 saturated heterocycles. The Morgan fingerprint density at radius 3 is 1.05 bits per heavy atom. The molecule has 1 heterocycles. The molecule has 2 nitrogen and oxygen atoms in total. The van der Waals surface area contributed by atoms with Crippen molar-refractivity contribution in [3.05, 3.63) is 18.2 Å². The molecule has 0 aliphatic rings. The van der Waals surface area contributed by atoms with Crippen LogP contribution in [-0.4, -0.2) is 4.57 Å². The summed E-state index contributed by atoms with van der Waals surface area (Å²) in [5.74, 6) is 2.15. The molecule has 0 bridgehead atoms. The fourth-order valence-electron chi connectivity index (χ4n) is 7.18. The third kappa shape index (κ3) is 24.4. The molecule has 260 valence electrons. The molecule has 44 heavy (non-hydrogen) atoms. The van der Waals surface area contributed by atoms with E-state index in [0.717, 1.165) is 0 Å². The lowest BCUT2D eigenvalue weighted by Crippen LogP contribution is -2.38. The minimum atomic E-state index is 0.604. The quantitative estimate of drug-likeness (QED) is 0.0530. The molecule has 0 aliphatic heterocycles. The van der Waals surface area contributed by atoms with Crippen LogP contribution in [0.25, 0.3) is 0 Å². The van der Waals surface area contributed by atoms with Gasteiger partial charge in [0.2, 0.25) is 0 Å².